The molecule has 0 amide bonds. The number of fused-ring (bicyclic) bond motifs is 5. The summed E-state index contributed by atoms with van der Waals surface area (Å²) in [5, 5.41) is 0. The van der Waals surface area contributed by atoms with Crippen molar-refractivity contribution in [2.45, 2.75) is 72.1 Å². The first-order valence-corrected chi connectivity index (χ1v) is 9.82. The van der Waals surface area contributed by atoms with E-state index < -0.39 is 0 Å². The third-order valence-electron chi connectivity index (χ3n) is 8.66. The van der Waals surface area contributed by atoms with Gasteiger partial charge in [0.15, 0.2) is 0 Å². The Morgan fingerprint density at radius 1 is 1.04 bits per heavy atom. The molecule has 0 unspecified atom stereocenters. The monoisotopic (exact) mass is 330 g/mol. The van der Waals surface area contributed by atoms with Crippen LogP contribution >= 0.6 is 0 Å². The molecule has 4 saturated carbocycles. The Morgan fingerprint density at radius 2 is 1.79 bits per heavy atom. The summed E-state index contributed by atoms with van der Waals surface area (Å²) in [4.78, 5) is 37.4. The molecule has 0 heterocycles. The SMILES string of the molecule is CC(=O)[C@@H]1CC[C@@H]2[C@H]3CC[C@H]4CC(=O)CC[C@@]4(C)[C@@H]3C(=O)C[C@]21C. The van der Waals surface area contributed by atoms with Crippen molar-refractivity contribution < 1.29 is 14.4 Å². The molecule has 3 nitrogen and oxygen atoms in total. The lowest BCUT2D eigenvalue weighted by Crippen LogP contribution is -2.57. The molecule has 0 aromatic carbocycles. The third-order valence-corrected chi connectivity index (χ3v) is 8.66. The summed E-state index contributed by atoms with van der Waals surface area (Å²) in [5.74, 6) is 2.63. The molecule has 0 aromatic heterocycles. The number of Topliss-reactive ketones (excluding diaryl/α,β-unsaturated/α-hetero) is 3. The lowest BCUT2D eigenvalue weighted by Gasteiger charge is -2.59. The second-order valence-corrected chi connectivity index (χ2v) is 9.66. The van der Waals surface area contributed by atoms with Gasteiger partial charge >= 0.3 is 0 Å². The highest BCUT2D eigenvalue weighted by Gasteiger charge is 2.63. The minimum Gasteiger partial charge on any atom is -0.300 e. The van der Waals surface area contributed by atoms with Gasteiger partial charge in [0.1, 0.15) is 17.3 Å². The Morgan fingerprint density at radius 3 is 2.50 bits per heavy atom. The fraction of sp³-hybridized carbons (Fsp3) is 0.857. The zero-order valence-corrected chi connectivity index (χ0v) is 15.3. The van der Waals surface area contributed by atoms with Crippen molar-refractivity contribution in [1.29, 1.82) is 0 Å². The number of carbonyl (C=O) groups excluding carboxylic acids is 3. The molecule has 0 radical (unpaired) electrons. The van der Waals surface area contributed by atoms with Crippen LogP contribution in [0, 0.1) is 40.4 Å². The minimum atomic E-state index is -0.113. The number of hydrogen-bond donors (Lipinski definition) is 0. The van der Waals surface area contributed by atoms with E-state index in [2.05, 4.69) is 13.8 Å². The lowest BCUT2D eigenvalue weighted by molar-refractivity contribution is -0.161. The van der Waals surface area contributed by atoms with E-state index in [0.717, 1.165) is 32.1 Å². The van der Waals surface area contributed by atoms with E-state index in [-0.39, 0.29) is 28.4 Å². The molecule has 7 atom stereocenters. The van der Waals surface area contributed by atoms with Crippen molar-refractivity contribution in [3.8, 4) is 0 Å². The Hall–Kier alpha value is -0.990. The first kappa shape index (κ1) is 16.5. The second kappa shape index (κ2) is 5.25. The van der Waals surface area contributed by atoms with Gasteiger partial charge in [-0.1, -0.05) is 13.8 Å². The summed E-state index contributed by atoms with van der Waals surface area (Å²) in [6.45, 7) is 6.21. The Kier molecular flexibility index (Phi) is 3.61. The molecule has 4 fully saturated rings. The van der Waals surface area contributed by atoms with Crippen LogP contribution in [-0.4, -0.2) is 17.3 Å². The Balaban J connectivity index is 1.69. The van der Waals surface area contributed by atoms with Crippen molar-refractivity contribution in [3.63, 3.8) is 0 Å². The van der Waals surface area contributed by atoms with Crippen LogP contribution in [0.5, 0.6) is 0 Å². The molecule has 0 spiro atoms. The van der Waals surface area contributed by atoms with Gasteiger partial charge in [-0.2, -0.15) is 0 Å². The zero-order valence-electron chi connectivity index (χ0n) is 15.3. The normalized spacial score (nSPS) is 50.9. The molecule has 0 saturated heterocycles. The fourth-order valence-corrected chi connectivity index (χ4v) is 7.53. The standard InChI is InChI=1S/C21H30O3/c1-12(22)16-6-7-17-15-5-4-13-10-14(23)8-9-20(13,2)19(15)18(24)11-21(16,17)3/h13,15-17,19H,4-11H2,1-3H3/t13-,15+,16-,17+,19-,20+,21-/m0/s1. The Labute approximate surface area is 144 Å². The summed E-state index contributed by atoms with van der Waals surface area (Å²) in [6.07, 6.45) is 7.05. The highest BCUT2D eigenvalue weighted by molar-refractivity contribution is 5.87. The zero-order chi connectivity index (χ0) is 17.3. The van der Waals surface area contributed by atoms with Gasteiger partial charge in [0.25, 0.3) is 0 Å². The summed E-state index contributed by atoms with van der Waals surface area (Å²) >= 11 is 0. The molecular formula is C21H30O3. The number of carbonyl (C=O) groups is 3. The largest absolute Gasteiger partial charge is 0.300 e. The molecule has 0 N–H and O–H groups in total. The van der Waals surface area contributed by atoms with E-state index in [4.69, 9.17) is 0 Å². The van der Waals surface area contributed by atoms with Crippen molar-refractivity contribution in [3.05, 3.63) is 0 Å². The molecule has 24 heavy (non-hydrogen) atoms. The van der Waals surface area contributed by atoms with Gasteiger partial charge in [0.2, 0.25) is 0 Å². The smallest absolute Gasteiger partial charge is 0.137 e. The van der Waals surface area contributed by atoms with Gasteiger partial charge in [0.05, 0.1) is 0 Å². The predicted octanol–water partition coefficient (Wildman–Crippen LogP) is 3.98. The van der Waals surface area contributed by atoms with Crippen molar-refractivity contribution in [2.24, 2.45) is 40.4 Å². The van der Waals surface area contributed by atoms with E-state index in [0.29, 0.717) is 48.6 Å². The van der Waals surface area contributed by atoms with Gasteiger partial charge in [-0.15, -0.1) is 0 Å². The van der Waals surface area contributed by atoms with E-state index in [1.165, 1.54) is 0 Å². The summed E-state index contributed by atoms with van der Waals surface area (Å²) in [7, 11) is 0. The highest BCUT2D eigenvalue weighted by Crippen LogP contribution is 2.66. The maximum Gasteiger partial charge on any atom is 0.137 e. The predicted molar refractivity (Wildman–Crippen MR) is 91.3 cm³/mol. The molecule has 4 aliphatic carbocycles. The van der Waals surface area contributed by atoms with E-state index in [9.17, 15) is 14.4 Å². The van der Waals surface area contributed by atoms with Crippen LogP contribution in [0.4, 0.5) is 0 Å². The van der Waals surface area contributed by atoms with Gasteiger partial charge in [-0.25, -0.2) is 0 Å². The molecule has 3 heteroatoms. The number of ketones is 3. The van der Waals surface area contributed by atoms with Gasteiger partial charge in [-0.05, 0) is 67.6 Å². The molecular weight excluding hydrogens is 300 g/mol. The maximum atomic E-state index is 13.3. The number of hydrogen-bond acceptors (Lipinski definition) is 3. The quantitative estimate of drug-likeness (QED) is 0.730. The molecule has 132 valence electrons. The van der Waals surface area contributed by atoms with Crippen LogP contribution in [0.3, 0.4) is 0 Å². The van der Waals surface area contributed by atoms with Gasteiger partial charge in [0, 0.05) is 31.1 Å². The first-order chi connectivity index (χ1) is 11.3. The van der Waals surface area contributed by atoms with Crippen LogP contribution < -0.4 is 0 Å². The van der Waals surface area contributed by atoms with Crippen molar-refractivity contribution >= 4 is 17.3 Å². The van der Waals surface area contributed by atoms with Crippen LogP contribution in [0.1, 0.15) is 72.1 Å². The van der Waals surface area contributed by atoms with Crippen molar-refractivity contribution in [1.82, 2.24) is 0 Å². The molecule has 4 rings (SSSR count). The number of rotatable bonds is 1. The molecule has 0 aliphatic heterocycles. The third kappa shape index (κ3) is 2.05. The summed E-state index contributed by atoms with van der Waals surface area (Å²) < 4.78 is 0. The summed E-state index contributed by atoms with van der Waals surface area (Å²) in [5.41, 5.74) is -0.0959. The maximum absolute atomic E-state index is 13.3. The van der Waals surface area contributed by atoms with Crippen LogP contribution in [-0.2, 0) is 14.4 Å². The van der Waals surface area contributed by atoms with Crippen molar-refractivity contribution in [2.75, 3.05) is 0 Å². The van der Waals surface area contributed by atoms with Gasteiger partial charge < -0.3 is 0 Å². The topological polar surface area (TPSA) is 51.2 Å². The first-order valence-electron chi connectivity index (χ1n) is 9.82. The fourth-order valence-electron chi connectivity index (χ4n) is 7.53. The van der Waals surface area contributed by atoms with Crippen LogP contribution in [0.25, 0.3) is 0 Å². The van der Waals surface area contributed by atoms with E-state index >= 15 is 0 Å². The average Bonchev–Trinajstić information content (AvgIpc) is 2.84. The second-order valence-electron chi connectivity index (χ2n) is 9.66. The van der Waals surface area contributed by atoms with E-state index in [1.807, 2.05) is 0 Å². The Bertz CT molecular complexity index is 608. The highest BCUT2D eigenvalue weighted by atomic mass is 16.1. The molecule has 0 bridgehead atoms. The minimum absolute atomic E-state index is 0.0174. The van der Waals surface area contributed by atoms with Crippen LogP contribution in [0.2, 0.25) is 0 Å². The van der Waals surface area contributed by atoms with E-state index in [1.54, 1.807) is 6.92 Å². The average molecular weight is 330 g/mol. The van der Waals surface area contributed by atoms with Gasteiger partial charge in [-0.3, -0.25) is 14.4 Å². The summed E-state index contributed by atoms with van der Waals surface area (Å²) in [6, 6.07) is 0. The molecule has 0 aromatic rings. The molecule has 4 aliphatic rings. The van der Waals surface area contributed by atoms with Crippen LogP contribution in [0.15, 0.2) is 0 Å². The lowest BCUT2D eigenvalue weighted by atomic mass is 9.44.